The summed E-state index contributed by atoms with van der Waals surface area (Å²) in [6.07, 6.45) is 8.86. The molecule has 0 aromatic carbocycles. The van der Waals surface area contributed by atoms with Crippen molar-refractivity contribution >= 4 is 5.96 Å². The van der Waals surface area contributed by atoms with Crippen LogP contribution in [-0.4, -0.2) is 29.5 Å². The second-order valence-electron chi connectivity index (χ2n) is 4.96. The predicted molar refractivity (Wildman–Crippen MR) is 67.0 cm³/mol. The van der Waals surface area contributed by atoms with Crippen molar-refractivity contribution in [1.82, 2.24) is 10.3 Å². The molecular formula is C12H24N4. The van der Waals surface area contributed by atoms with E-state index in [1.54, 1.807) is 0 Å². The molecule has 0 spiro atoms. The quantitative estimate of drug-likeness (QED) is 0.330. The van der Waals surface area contributed by atoms with Crippen LogP contribution in [0.2, 0.25) is 0 Å². The van der Waals surface area contributed by atoms with E-state index in [0.29, 0.717) is 12.1 Å². The zero-order valence-corrected chi connectivity index (χ0v) is 10.3. The maximum Gasteiger partial charge on any atom is 0.208 e. The third-order valence-corrected chi connectivity index (χ3v) is 3.48. The number of rotatable bonds is 4. The van der Waals surface area contributed by atoms with Gasteiger partial charge in [-0.15, -0.1) is 0 Å². The fraction of sp³-hybridized carbons (Fsp3) is 0.917. The zero-order chi connectivity index (χ0) is 11.4. The van der Waals surface area contributed by atoms with Gasteiger partial charge >= 0.3 is 0 Å². The minimum absolute atomic E-state index is 0.504. The lowest BCUT2D eigenvalue weighted by Gasteiger charge is -2.25. The average Bonchev–Trinajstić information content (AvgIpc) is 3.01. The van der Waals surface area contributed by atoms with E-state index in [9.17, 15) is 0 Å². The van der Waals surface area contributed by atoms with Gasteiger partial charge in [-0.2, -0.15) is 0 Å². The van der Waals surface area contributed by atoms with Crippen LogP contribution in [0, 0.1) is 0 Å². The summed E-state index contributed by atoms with van der Waals surface area (Å²) in [6.45, 7) is 3.28. The summed E-state index contributed by atoms with van der Waals surface area (Å²) in [6, 6.07) is 1.19. The first kappa shape index (κ1) is 11.7. The predicted octanol–water partition coefficient (Wildman–Crippen LogP) is 1.62. The molecule has 0 bridgehead atoms. The van der Waals surface area contributed by atoms with Crippen molar-refractivity contribution in [2.45, 2.75) is 64.0 Å². The molecule has 92 valence electrons. The van der Waals surface area contributed by atoms with E-state index >= 15 is 0 Å². The van der Waals surface area contributed by atoms with Crippen LogP contribution >= 0.6 is 0 Å². The van der Waals surface area contributed by atoms with Crippen LogP contribution < -0.4 is 11.3 Å². The number of aliphatic imine (C=N–C) groups is 1. The third kappa shape index (κ3) is 2.88. The summed E-state index contributed by atoms with van der Waals surface area (Å²) in [4.78, 5) is 7.14. The Morgan fingerprint density at radius 1 is 1.31 bits per heavy atom. The second kappa shape index (κ2) is 5.53. The first-order valence-corrected chi connectivity index (χ1v) is 6.66. The summed E-state index contributed by atoms with van der Waals surface area (Å²) in [7, 11) is 0. The van der Waals surface area contributed by atoms with Crippen LogP contribution in [0.4, 0.5) is 0 Å². The molecule has 0 atom stereocenters. The van der Waals surface area contributed by atoms with Crippen molar-refractivity contribution in [3.63, 3.8) is 0 Å². The Morgan fingerprint density at radius 2 is 2.00 bits per heavy atom. The van der Waals surface area contributed by atoms with E-state index in [2.05, 4.69) is 17.2 Å². The van der Waals surface area contributed by atoms with Gasteiger partial charge in [-0.1, -0.05) is 19.8 Å². The molecule has 0 heterocycles. The Hall–Kier alpha value is -0.770. The molecule has 0 aromatic heterocycles. The van der Waals surface area contributed by atoms with E-state index < -0.39 is 0 Å². The molecule has 0 amide bonds. The lowest BCUT2D eigenvalue weighted by molar-refractivity contribution is 0.389. The van der Waals surface area contributed by atoms with E-state index in [0.717, 1.165) is 18.9 Å². The molecule has 0 aliphatic heterocycles. The molecule has 0 aromatic rings. The summed E-state index contributed by atoms with van der Waals surface area (Å²) in [5.41, 5.74) is 2.81. The molecule has 0 radical (unpaired) electrons. The highest BCUT2D eigenvalue weighted by Crippen LogP contribution is 2.28. The molecule has 2 rings (SSSR count). The number of hydrogen-bond acceptors (Lipinski definition) is 2. The van der Waals surface area contributed by atoms with Gasteiger partial charge in [0.05, 0.1) is 6.04 Å². The molecule has 16 heavy (non-hydrogen) atoms. The smallest absolute Gasteiger partial charge is 0.208 e. The number of hydrogen-bond donors (Lipinski definition) is 2. The fourth-order valence-corrected chi connectivity index (χ4v) is 2.49. The van der Waals surface area contributed by atoms with Crippen molar-refractivity contribution in [1.29, 1.82) is 0 Å². The first-order chi connectivity index (χ1) is 7.85. The largest absolute Gasteiger partial charge is 0.339 e. The molecule has 3 N–H and O–H groups in total. The van der Waals surface area contributed by atoms with E-state index in [1.807, 2.05) is 0 Å². The maximum atomic E-state index is 5.63. The van der Waals surface area contributed by atoms with Gasteiger partial charge in [0, 0.05) is 12.6 Å². The van der Waals surface area contributed by atoms with Gasteiger partial charge in [0.25, 0.3) is 0 Å². The van der Waals surface area contributed by atoms with Crippen molar-refractivity contribution in [3.8, 4) is 0 Å². The molecule has 0 unspecified atom stereocenters. The number of hydrazine groups is 1. The Labute approximate surface area is 98.3 Å². The van der Waals surface area contributed by atoms with Gasteiger partial charge in [0.1, 0.15) is 0 Å². The topological polar surface area (TPSA) is 53.6 Å². The summed E-state index contributed by atoms with van der Waals surface area (Å²) in [5.74, 6) is 6.55. The fourth-order valence-electron chi connectivity index (χ4n) is 2.49. The van der Waals surface area contributed by atoms with Gasteiger partial charge in [-0.05, 0) is 32.1 Å². The van der Waals surface area contributed by atoms with Crippen LogP contribution in [-0.2, 0) is 0 Å². The Kier molecular flexibility index (Phi) is 4.04. The van der Waals surface area contributed by atoms with Gasteiger partial charge in [-0.3, -0.25) is 5.43 Å². The lowest BCUT2D eigenvalue weighted by atomic mass is 10.3. The molecule has 4 heteroatoms. The lowest BCUT2D eigenvalue weighted by Crippen LogP contribution is -2.46. The monoisotopic (exact) mass is 224 g/mol. The van der Waals surface area contributed by atoms with Crippen LogP contribution in [0.25, 0.3) is 0 Å². The number of nitrogens with two attached hydrogens (primary N) is 1. The highest BCUT2D eigenvalue weighted by molar-refractivity contribution is 5.80. The third-order valence-electron chi connectivity index (χ3n) is 3.48. The molecule has 2 aliphatic rings. The Morgan fingerprint density at radius 3 is 2.50 bits per heavy atom. The minimum Gasteiger partial charge on any atom is -0.339 e. The average molecular weight is 224 g/mol. The van der Waals surface area contributed by atoms with Crippen molar-refractivity contribution in [2.75, 3.05) is 6.54 Å². The molecule has 2 aliphatic carbocycles. The second-order valence-corrected chi connectivity index (χ2v) is 4.96. The van der Waals surface area contributed by atoms with Crippen LogP contribution in [0.1, 0.15) is 51.9 Å². The van der Waals surface area contributed by atoms with Gasteiger partial charge in [-0.25, -0.2) is 10.8 Å². The van der Waals surface area contributed by atoms with E-state index in [1.165, 1.54) is 38.5 Å². The Balaban J connectivity index is 1.99. The first-order valence-electron chi connectivity index (χ1n) is 6.66. The van der Waals surface area contributed by atoms with Crippen molar-refractivity contribution in [2.24, 2.45) is 10.8 Å². The van der Waals surface area contributed by atoms with Crippen LogP contribution in [0.5, 0.6) is 0 Å². The van der Waals surface area contributed by atoms with Gasteiger partial charge in [0.2, 0.25) is 5.96 Å². The van der Waals surface area contributed by atoms with Gasteiger partial charge < -0.3 is 4.90 Å². The molecular weight excluding hydrogens is 200 g/mol. The van der Waals surface area contributed by atoms with Crippen molar-refractivity contribution in [3.05, 3.63) is 0 Å². The van der Waals surface area contributed by atoms with E-state index in [4.69, 9.17) is 10.8 Å². The summed E-state index contributed by atoms with van der Waals surface area (Å²) in [5, 5.41) is 0. The molecule has 2 saturated carbocycles. The summed E-state index contributed by atoms with van der Waals surface area (Å²) < 4.78 is 0. The van der Waals surface area contributed by atoms with Gasteiger partial charge in [0.15, 0.2) is 0 Å². The highest BCUT2D eigenvalue weighted by Gasteiger charge is 2.31. The molecule has 0 saturated heterocycles. The highest BCUT2D eigenvalue weighted by atomic mass is 15.4. The SMILES string of the molecule is CCCN(C(=NC1CCCC1)NN)C1CC1. The number of guanidine groups is 1. The zero-order valence-electron chi connectivity index (χ0n) is 10.3. The minimum atomic E-state index is 0.504. The number of nitrogens with zero attached hydrogens (tertiary/aromatic N) is 2. The maximum absolute atomic E-state index is 5.63. The number of nitrogens with one attached hydrogen (secondary N) is 1. The molecule has 2 fully saturated rings. The van der Waals surface area contributed by atoms with E-state index in [-0.39, 0.29) is 0 Å². The Bertz CT molecular complexity index is 241. The standard InChI is InChI=1S/C12H24N4/c1-2-9-16(11-7-8-11)12(15-13)14-10-5-3-4-6-10/h10-11H,2-9,13H2,1H3,(H,14,15). The van der Waals surface area contributed by atoms with Crippen LogP contribution in [0.3, 0.4) is 0 Å². The molecule has 4 nitrogen and oxygen atoms in total. The normalized spacial score (nSPS) is 22.5. The van der Waals surface area contributed by atoms with Crippen LogP contribution in [0.15, 0.2) is 4.99 Å². The summed E-state index contributed by atoms with van der Waals surface area (Å²) >= 11 is 0. The van der Waals surface area contributed by atoms with Crippen molar-refractivity contribution < 1.29 is 0 Å².